The van der Waals surface area contributed by atoms with E-state index < -0.39 is 16.8 Å². The Morgan fingerprint density at radius 3 is 2.69 bits per heavy atom. The number of nitrogens with zero attached hydrogens (tertiary/aromatic N) is 1. The Balaban J connectivity index is 2.60. The molecule has 0 aromatic heterocycles. The highest BCUT2D eigenvalue weighted by Crippen LogP contribution is 2.28. The molecule has 0 fully saturated rings. The van der Waals surface area contributed by atoms with E-state index in [1.54, 1.807) is 24.3 Å². The first kappa shape index (κ1) is 8.68. The van der Waals surface area contributed by atoms with Crippen molar-refractivity contribution >= 4 is 10.0 Å². The molecule has 1 aliphatic rings. The van der Waals surface area contributed by atoms with Crippen molar-refractivity contribution < 1.29 is 13.5 Å². The Hall–Kier alpha value is -0.910. The van der Waals surface area contributed by atoms with Gasteiger partial charge in [0.25, 0.3) is 0 Å². The third-order valence-electron chi connectivity index (χ3n) is 2.09. The number of aliphatic hydroxyl groups excluding tert-OH is 1. The predicted molar refractivity (Wildman–Crippen MR) is 46.3 cm³/mol. The van der Waals surface area contributed by atoms with E-state index in [-0.39, 0.29) is 6.54 Å². The van der Waals surface area contributed by atoms with Gasteiger partial charge in [0.15, 0.2) is 0 Å². The van der Waals surface area contributed by atoms with Gasteiger partial charge in [0.2, 0.25) is 10.0 Å². The predicted octanol–water partition coefficient (Wildman–Crippen LogP) is 0.141. The van der Waals surface area contributed by atoms with Crippen LogP contribution in [0.2, 0.25) is 0 Å². The van der Waals surface area contributed by atoms with Crippen LogP contribution in [0.1, 0.15) is 5.56 Å². The van der Waals surface area contributed by atoms with Crippen LogP contribution in [0.25, 0.3) is 0 Å². The van der Waals surface area contributed by atoms with E-state index >= 15 is 0 Å². The van der Waals surface area contributed by atoms with Crippen molar-refractivity contribution in [2.24, 2.45) is 0 Å². The summed E-state index contributed by atoms with van der Waals surface area (Å²) in [6.45, 7) is -0.188. The topological polar surface area (TPSA) is 57.6 Å². The number of hydrogen-bond donors (Lipinski definition) is 1. The van der Waals surface area contributed by atoms with Crippen LogP contribution in [0.3, 0.4) is 0 Å². The summed E-state index contributed by atoms with van der Waals surface area (Å²) >= 11 is 0. The highest BCUT2D eigenvalue weighted by atomic mass is 32.2. The van der Waals surface area contributed by atoms with Gasteiger partial charge in [-0.2, -0.15) is 4.31 Å². The zero-order valence-corrected chi connectivity index (χ0v) is 7.66. The molecule has 0 bridgehead atoms. The molecule has 0 amide bonds. The van der Waals surface area contributed by atoms with Gasteiger partial charge in [0.1, 0.15) is 6.73 Å². The number of sulfonamides is 1. The van der Waals surface area contributed by atoms with Gasteiger partial charge in [-0.3, -0.25) is 0 Å². The van der Waals surface area contributed by atoms with Crippen LogP contribution < -0.4 is 0 Å². The summed E-state index contributed by atoms with van der Waals surface area (Å²) in [5, 5.41) is 8.82. The van der Waals surface area contributed by atoms with E-state index in [0.717, 1.165) is 9.87 Å². The lowest BCUT2D eigenvalue weighted by atomic mass is 10.2. The summed E-state index contributed by atoms with van der Waals surface area (Å²) in [5.74, 6) is 0. The Morgan fingerprint density at radius 1 is 1.38 bits per heavy atom. The minimum Gasteiger partial charge on any atom is -0.380 e. The Bertz CT molecular complexity index is 427. The van der Waals surface area contributed by atoms with Crippen molar-refractivity contribution in [1.82, 2.24) is 4.31 Å². The maximum atomic E-state index is 11.6. The minimum absolute atomic E-state index is 0.273. The molecular weight excluding hydrogens is 190 g/mol. The van der Waals surface area contributed by atoms with Gasteiger partial charge in [-0.05, 0) is 11.6 Å². The van der Waals surface area contributed by atoms with Gasteiger partial charge in [-0.25, -0.2) is 8.42 Å². The van der Waals surface area contributed by atoms with E-state index in [2.05, 4.69) is 0 Å². The third kappa shape index (κ3) is 1.16. The van der Waals surface area contributed by atoms with E-state index in [4.69, 9.17) is 5.11 Å². The smallest absolute Gasteiger partial charge is 0.245 e. The quantitative estimate of drug-likeness (QED) is 0.700. The van der Waals surface area contributed by atoms with E-state index in [9.17, 15) is 8.42 Å². The van der Waals surface area contributed by atoms with Gasteiger partial charge in [-0.1, -0.05) is 18.2 Å². The van der Waals surface area contributed by atoms with Crippen LogP contribution in [0, 0.1) is 0 Å². The molecule has 2 rings (SSSR count). The number of hydrogen-bond acceptors (Lipinski definition) is 3. The fourth-order valence-corrected chi connectivity index (χ4v) is 2.88. The molecule has 0 saturated carbocycles. The summed E-state index contributed by atoms with van der Waals surface area (Å²) in [6.07, 6.45) is 0. The molecule has 13 heavy (non-hydrogen) atoms. The normalized spacial score (nSPS) is 20.1. The molecule has 1 heterocycles. The second kappa shape index (κ2) is 2.80. The number of aliphatic hydroxyl groups is 1. The lowest BCUT2D eigenvalue weighted by molar-refractivity contribution is 0.179. The summed E-state index contributed by atoms with van der Waals surface area (Å²) in [6, 6.07) is 6.77. The van der Waals surface area contributed by atoms with Crippen LogP contribution in [-0.4, -0.2) is 24.6 Å². The van der Waals surface area contributed by atoms with Crippen LogP contribution in [0.15, 0.2) is 29.2 Å². The van der Waals surface area contributed by atoms with Gasteiger partial charge < -0.3 is 5.11 Å². The Labute approximate surface area is 76.5 Å². The fraction of sp³-hybridized carbons (Fsp3) is 0.250. The van der Waals surface area contributed by atoms with Crippen LogP contribution in [0.4, 0.5) is 0 Å². The summed E-state index contributed by atoms with van der Waals surface area (Å²) in [4.78, 5) is 0.309. The lowest BCUT2D eigenvalue weighted by Crippen LogP contribution is -2.24. The Morgan fingerprint density at radius 2 is 2.08 bits per heavy atom. The minimum atomic E-state index is -3.41. The maximum Gasteiger partial charge on any atom is 0.245 e. The first-order valence-corrected chi connectivity index (χ1v) is 5.29. The van der Waals surface area contributed by atoms with Gasteiger partial charge >= 0.3 is 0 Å². The SMILES string of the molecule is O=S1(=O)c2ccccc2CN1CO. The number of fused-ring (bicyclic) bond motifs is 1. The van der Waals surface area contributed by atoms with E-state index in [0.29, 0.717) is 4.90 Å². The standard InChI is InChI=1S/C8H9NO3S/c10-6-9-5-7-3-1-2-4-8(7)13(9,11)12/h1-4,10H,5-6H2. The van der Waals surface area contributed by atoms with Crippen LogP contribution >= 0.6 is 0 Å². The van der Waals surface area contributed by atoms with Crippen LogP contribution in [-0.2, 0) is 16.6 Å². The van der Waals surface area contributed by atoms with Gasteiger partial charge in [0, 0.05) is 6.54 Å². The third-order valence-corrected chi connectivity index (χ3v) is 3.97. The molecule has 0 aliphatic carbocycles. The molecule has 70 valence electrons. The average Bonchev–Trinajstić information content (AvgIpc) is 2.39. The second-order valence-electron chi connectivity index (χ2n) is 2.86. The zero-order chi connectivity index (χ0) is 9.47. The highest BCUT2D eigenvalue weighted by Gasteiger charge is 2.33. The van der Waals surface area contributed by atoms with Crippen LogP contribution in [0.5, 0.6) is 0 Å². The van der Waals surface area contributed by atoms with Gasteiger partial charge in [-0.15, -0.1) is 0 Å². The number of rotatable bonds is 1. The molecule has 1 N–H and O–H groups in total. The molecule has 1 aromatic rings. The first-order valence-electron chi connectivity index (χ1n) is 3.85. The molecular formula is C8H9NO3S. The zero-order valence-electron chi connectivity index (χ0n) is 6.84. The molecule has 5 heteroatoms. The van der Waals surface area contributed by atoms with Gasteiger partial charge in [0.05, 0.1) is 4.90 Å². The van der Waals surface area contributed by atoms with Crippen molar-refractivity contribution in [3.05, 3.63) is 29.8 Å². The maximum absolute atomic E-state index is 11.6. The second-order valence-corrected chi connectivity index (χ2v) is 4.77. The molecule has 0 unspecified atom stereocenters. The largest absolute Gasteiger partial charge is 0.380 e. The molecule has 0 spiro atoms. The van der Waals surface area contributed by atoms with E-state index in [1.807, 2.05) is 0 Å². The molecule has 4 nitrogen and oxygen atoms in total. The molecule has 1 aliphatic heterocycles. The van der Waals surface area contributed by atoms with Crippen molar-refractivity contribution in [2.45, 2.75) is 11.4 Å². The summed E-state index contributed by atoms with van der Waals surface area (Å²) < 4.78 is 24.2. The molecule has 0 radical (unpaired) electrons. The molecule has 1 aromatic carbocycles. The van der Waals surface area contributed by atoms with Crippen molar-refractivity contribution in [3.63, 3.8) is 0 Å². The number of benzene rings is 1. The lowest BCUT2D eigenvalue weighted by Gasteiger charge is -2.08. The average molecular weight is 199 g/mol. The van der Waals surface area contributed by atoms with Crippen molar-refractivity contribution in [2.75, 3.05) is 6.73 Å². The van der Waals surface area contributed by atoms with Crippen molar-refractivity contribution in [1.29, 1.82) is 0 Å². The highest BCUT2D eigenvalue weighted by molar-refractivity contribution is 7.89. The Kier molecular flexibility index (Phi) is 1.87. The summed E-state index contributed by atoms with van der Waals surface area (Å²) in [5.41, 5.74) is 0.747. The molecule has 0 atom stereocenters. The monoisotopic (exact) mass is 199 g/mol. The fourth-order valence-electron chi connectivity index (χ4n) is 1.43. The van der Waals surface area contributed by atoms with E-state index in [1.165, 1.54) is 0 Å². The van der Waals surface area contributed by atoms with Crippen molar-refractivity contribution in [3.8, 4) is 0 Å². The molecule has 0 saturated heterocycles. The first-order chi connectivity index (χ1) is 6.16. The summed E-state index contributed by atoms with van der Waals surface area (Å²) in [7, 11) is -3.41.